The molecule has 0 aromatic rings. The number of hydrogen-bond acceptors (Lipinski definition) is 6. The van der Waals surface area contributed by atoms with Gasteiger partial charge in [-0.05, 0) is 12.8 Å². The van der Waals surface area contributed by atoms with Crippen LogP contribution < -0.4 is 10.5 Å². The Hall–Kier alpha value is -0.700. The lowest BCUT2D eigenvalue weighted by molar-refractivity contribution is -0.140. The Morgan fingerprint density at radius 3 is 2.95 bits per heavy atom. The number of sulfonamides is 1. The van der Waals surface area contributed by atoms with Crippen molar-refractivity contribution >= 4 is 16.0 Å². The number of rotatable bonds is 6. The molecule has 2 aliphatic rings. The fourth-order valence-electron chi connectivity index (χ4n) is 2.67. The van der Waals surface area contributed by atoms with Crippen molar-refractivity contribution in [1.82, 2.24) is 4.72 Å². The number of nitrogens with one attached hydrogen (secondary N) is 1. The van der Waals surface area contributed by atoms with Crippen molar-refractivity contribution in [3.05, 3.63) is 0 Å². The van der Waals surface area contributed by atoms with Crippen LogP contribution in [0.15, 0.2) is 0 Å². The van der Waals surface area contributed by atoms with E-state index in [9.17, 15) is 13.2 Å². The highest BCUT2D eigenvalue weighted by molar-refractivity contribution is 7.89. The zero-order valence-corrected chi connectivity index (χ0v) is 11.7. The summed E-state index contributed by atoms with van der Waals surface area (Å²) in [7, 11) is -2.16. The normalized spacial score (nSPS) is 33.6. The molecule has 0 radical (unpaired) electrons. The van der Waals surface area contributed by atoms with Crippen molar-refractivity contribution in [2.75, 3.05) is 19.5 Å². The van der Waals surface area contributed by atoms with E-state index in [-0.39, 0.29) is 42.7 Å². The molecule has 2 rings (SSSR count). The number of methoxy groups -OCH3 is 1. The molecule has 1 saturated carbocycles. The molecule has 3 N–H and O–H groups in total. The second-order valence-corrected chi connectivity index (χ2v) is 6.88. The molecule has 7 nitrogen and oxygen atoms in total. The number of nitrogens with two attached hydrogens (primary N) is 1. The van der Waals surface area contributed by atoms with Crippen LogP contribution in [-0.4, -0.2) is 52.0 Å². The average Bonchev–Trinajstić information content (AvgIpc) is 2.80. The Balaban J connectivity index is 1.79. The molecule has 0 spiro atoms. The fraction of sp³-hybridized carbons (Fsp3) is 0.909. The van der Waals surface area contributed by atoms with E-state index in [0.717, 1.165) is 6.42 Å². The Bertz CT molecular complexity index is 438. The van der Waals surface area contributed by atoms with Gasteiger partial charge < -0.3 is 15.2 Å². The van der Waals surface area contributed by atoms with Gasteiger partial charge >= 0.3 is 5.97 Å². The van der Waals surface area contributed by atoms with E-state index in [1.54, 1.807) is 0 Å². The molecule has 4 unspecified atom stereocenters. The molecule has 1 aliphatic heterocycles. The van der Waals surface area contributed by atoms with Crippen molar-refractivity contribution in [2.45, 2.75) is 37.5 Å². The molecular formula is C11H20N2O5S. The van der Waals surface area contributed by atoms with Crippen molar-refractivity contribution in [3.63, 3.8) is 0 Å². The van der Waals surface area contributed by atoms with E-state index >= 15 is 0 Å². The minimum absolute atomic E-state index is 0.0922. The number of ether oxygens (including phenoxy) is 2. The van der Waals surface area contributed by atoms with Crippen molar-refractivity contribution < 1.29 is 22.7 Å². The van der Waals surface area contributed by atoms with E-state index < -0.39 is 16.0 Å². The van der Waals surface area contributed by atoms with E-state index in [4.69, 9.17) is 10.5 Å². The summed E-state index contributed by atoms with van der Waals surface area (Å²) in [6.45, 7) is 0.642. The number of carbonyl (C=O) groups excluding carboxylic acids is 1. The largest absolute Gasteiger partial charge is 0.469 e. The zero-order chi connectivity index (χ0) is 14.0. The maximum Gasteiger partial charge on any atom is 0.305 e. The molecule has 1 heterocycles. The lowest BCUT2D eigenvalue weighted by atomic mass is 9.73. The van der Waals surface area contributed by atoms with Gasteiger partial charge in [0.25, 0.3) is 0 Å². The van der Waals surface area contributed by atoms with Gasteiger partial charge in [-0.1, -0.05) is 0 Å². The van der Waals surface area contributed by atoms with Crippen molar-refractivity contribution in [3.8, 4) is 0 Å². The first-order valence-corrected chi connectivity index (χ1v) is 8.04. The quantitative estimate of drug-likeness (QED) is 0.606. The summed E-state index contributed by atoms with van der Waals surface area (Å²) in [5.41, 5.74) is 5.93. The summed E-state index contributed by atoms with van der Waals surface area (Å²) in [5, 5.41) is 0. The molecule has 1 saturated heterocycles. The molecule has 2 fully saturated rings. The third-order valence-corrected chi connectivity index (χ3v) is 5.24. The lowest BCUT2D eigenvalue weighted by Gasteiger charge is -2.45. The second-order valence-electron chi connectivity index (χ2n) is 5.01. The summed E-state index contributed by atoms with van der Waals surface area (Å²) < 4.78 is 36.2. The van der Waals surface area contributed by atoms with Gasteiger partial charge in [0.05, 0.1) is 25.0 Å². The van der Waals surface area contributed by atoms with Gasteiger partial charge in [0.1, 0.15) is 0 Å². The molecule has 8 heteroatoms. The van der Waals surface area contributed by atoms with E-state index in [0.29, 0.717) is 6.61 Å². The molecular weight excluding hydrogens is 272 g/mol. The standard InChI is InChI=1S/C11H20N2O5S/c1-17-8(14)3-2-6-19(15,16)13-10-9(12)7-4-5-18-11(7)10/h7,9-11,13H,2-6,12H2,1H3. The predicted octanol–water partition coefficient (Wildman–Crippen LogP) is -1.03. The summed E-state index contributed by atoms with van der Waals surface area (Å²) >= 11 is 0. The van der Waals surface area contributed by atoms with E-state index in [1.165, 1.54) is 7.11 Å². The van der Waals surface area contributed by atoms with Gasteiger partial charge in [0, 0.05) is 25.0 Å². The monoisotopic (exact) mass is 292 g/mol. The number of hydrogen-bond donors (Lipinski definition) is 2. The Labute approximate surface area is 112 Å². The Morgan fingerprint density at radius 2 is 2.26 bits per heavy atom. The van der Waals surface area contributed by atoms with Crippen LogP contribution >= 0.6 is 0 Å². The molecule has 0 aromatic carbocycles. The van der Waals surface area contributed by atoms with Crippen molar-refractivity contribution in [1.29, 1.82) is 0 Å². The maximum absolute atomic E-state index is 11.9. The minimum atomic E-state index is -3.43. The van der Waals surface area contributed by atoms with Crippen molar-refractivity contribution in [2.24, 2.45) is 11.7 Å². The summed E-state index contributed by atoms with van der Waals surface area (Å²) in [6, 6.07) is -0.515. The molecule has 19 heavy (non-hydrogen) atoms. The highest BCUT2D eigenvalue weighted by atomic mass is 32.2. The molecule has 0 aromatic heterocycles. The van der Waals surface area contributed by atoms with Gasteiger partial charge in [-0.25, -0.2) is 13.1 Å². The highest BCUT2D eigenvalue weighted by Gasteiger charge is 2.53. The lowest BCUT2D eigenvalue weighted by Crippen LogP contribution is -2.69. The van der Waals surface area contributed by atoms with Crippen LogP contribution in [0.3, 0.4) is 0 Å². The van der Waals surface area contributed by atoms with Gasteiger partial charge in [0.15, 0.2) is 0 Å². The van der Waals surface area contributed by atoms with Gasteiger partial charge in [-0.2, -0.15) is 0 Å². The molecule has 1 aliphatic carbocycles. The molecule has 4 atom stereocenters. The van der Waals surface area contributed by atoms with E-state index in [1.807, 2.05) is 0 Å². The first kappa shape index (κ1) is 14.7. The first-order valence-electron chi connectivity index (χ1n) is 6.38. The van der Waals surface area contributed by atoms with E-state index in [2.05, 4.69) is 9.46 Å². The smallest absolute Gasteiger partial charge is 0.305 e. The Kier molecular flexibility index (Phi) is 4.44. The molecule has 0 amide bonds. The Morgan fingerprint density at radius 1 is 1.53 bits per heavy atom. The van der Waals surface area contributed by atoms with Crippen LogP contribution in [0.25, 0.3) is 0 Å². The molecule has 110 valence electrons. The van der Waals surface area contributed by atoms with Crippen LogP contribution in [0.2, 0.25) is 0 Å². The van der Waals surface area contributed by atoms with Gasteiger partial charge in [-0.3, -0.25) is 4.79 Å². The number of carbonyl (C=O) groups is 1. The van der Waals surface area contributed by atoms with Gasteiger partial charge in [-0.15, -0.1) is 0 Å². The average molecular weight is 292 g/mol. The minimum Gasteiger partial charge on any atom is -0.469 e. The van der Waals surface area contributed by atoms with Crippen LogP contribution in [-0.2, 0) is 24.3 Å². The number of fused-ring (bicyclic) bond motifs is 1. The van der Waals surface area contributed by atoms with Gasteiger partial charge in [0.2, 0.25) is 10.0 Å². The topological polar surface area (TPSA) is 108 Å². The maximum atomic E-state index is 11.9. The third-order valence-electron chi connectivity index (χ3n) is 3.78. The second kappa shape index (κ2) is 5.74. The first-order chi connectivity index (χ1) is 8.94. The summed E-state index contributed by atoms with van der Waals surface area (Å²) in [4.78, 5) is 10.9. The summed E-state index contributed by atoms with van der Waals surface area (Å²) in [6.07, 6.45) is 1.13. The SMILES string of the molecule is COC(=O)CCCS(=O)(=O)NC1C(N)C2CCOC21. The highest BCUT2D eigenvalue weighted by Crippen LogP contribution is 2.38. The van der Waals surface area contributed by atoms with Crippen LogP contribution in [0, 0.1) is 5.92 Å². The zero-order valence-electron chi connectivity index (χ0n) is 10.9. The fourth-order valence-corrected chi connectivity index (χ4v) is 4.02. The number of esters is 1. The third kappa shape index (κ3) is 3.25. The molecule has 0 bridgehead atoms. The van der Waals surface area contributed by atoms with Crippen LogP contribution in [0.1, 0.15) is 19.3 Å². The van der Waals surface area contributed by atoms with Crippen LogP contribution in [0.5, 0.6) is 0 Å². The summed E-state index contributed by atoms with van der Waals surface area (Å²) in [5.74, 6) is -0.250. The predicted molar refractivity (Wildman–Crippen MR) is 67.8 cm³/mol. The van der Waals surface area contributed by atoms with Crippen LogP contribution in [0.4, 0.5) is 0 Å².